The summed E-state index contributed by atoms with van der Waals surface area (Å²) in [6, 6.07) is 33.4. The molecular formula is C61H61N9O9. The lowest BCUT2D eigenvalue weighted by Crippen LogP contribution is -2.57. The molecule has 5 amide bonds. The number of benzene rings is 5. The largest absolute Gasteiger partial charge is 0.480 e. The van der Waals surface area contributed by atoms with Crippen LogP contribution in [0.5, 0.6) is 0 Å². The van der Waals surface area contributed by atoms with E-state index in [4.69, 9.17) is 4.74 Å². The van der Waals surface area contributed by atoms with Crippen LogP contribution < -0.4 is 26.6 Å². The molecule has 4 aromatic heterocycles. The second kappa shape index (κ2) is 24.3. The molecule has 0 saturated heterocycles. The van der Waals surface area contributed by atoms with Crippen molar-refractivity contribution in [3.63, 3.8) is 0 Å². The average Bonchev–Trinajstić information content (AvgIpc) is 4.30. The standard InChI is InChI=1S/C61H61N9O9/c71-55(66-51(27-38-31-62-46-20-8-4-16-42(38)46)57(73)69-54(60(76)77)30-41-34-65-49-23-11-7-19-45(41)49)26-25-37-15-12-24-50(56(37)72)67-58(74)52(28-39-32-63-47-21-9-5-17-43(39)47)68-59(75)53(29-40-33-64-48-22-10-6-18-44(40)48)70-61(78)79-35-36-13-2-1-3-14-36/h1-11,13-14,16-23,31-34,37,50-54,62-65H,12,15,24-30,35H2,(H,66,71)(H,67,74)(H,68,75)(H,69,73)(H,70,78)(H,76,77)/t37-,50-,51+,52+,53+,54+/m1/s1. The summed E-state index contributed by atoms with van der Waals surface area (Å²) in [5, 5.41) is 27.8. The molecular weight excluding hydrogens is 1000 g/mol. The number of ketones is 1. The highest BCUT2D eigenvalue weighted by Gasteiger charge is 2.36. The van der Waals surface area contributed by atoms with Crippen LogP contribution in [0.25, 0.3) is 43.6 Å². The molecule has 6 atom stereocenters. The summed E-state index contributed by atoms with van der Waals surface area (Å²) in [7, 11) is 0. The van der Waals surface area contributed by atoms with Gasteiger partial charge in [-0.15, -0.1) is 0 Å². The van der Waals surface area contributed by atoms with Crippen LogP contribution in [0.2, 0.25) is 0 Å². The second-order valence-electron chi connectivity index (χ2n) is 20.2. The Bertz CT molecular complexity index is 3670. The monoisotopic (exact) mass is 1060 g/mol. The van der Waals surface area contributed by atoms with Crippen molar-refractivity contribution in [2.75, 3.05) is 0 Å². The molecule has 0 bridgehead atoms. The molecule has 5 aromatic carbocycles. The van der Waals surface area contributed by atoms with Crippen molar-refractivity contribution in [3.8, 4) is 0 Å². The van der Waals surface area contributed by atoms with E-state index in [0.29, 0.717) is 24.8 Å². The number of Topliss-reactive ketones (excluding diaryl/α,β-unsaturated/α-hetero) is 1. The fourth-order valence-corrected chi connectivity index (χ4v) is 10.8. The fraction of sp³-hybridized carbons (Fsp3) is 0.262. The van der Waals surface area contributed by atoms with Crippen molar-refractivity contribution in [1.29, 1.82) is 0 Å². The SMILES string of the molecule is O=C(CC[C@H]1CCC[C@@H](NC(=O)[C@H](Cc2c[nH]c3ccccc23)NC(=O)[C@H](Cc2c[nH]c3ccccc23)NC(=O)OCc2ccccc2)C1=O)N[C@@H](Cc1c[nH]c2ccccc12)C(=O)N[C@@H](Cc1c[nH]c2ccccc12)C(=O)O. The number of hydrogen-bond donors (Lipinski definition) is 10. The van der Waals surface area contributed by atoms with E-state index in [1.165, 1.54) is 0 Å². The van der Waals surface area contributed by atoms with Gasteiger partial charge < -0.3 is 56.4 Å². The number of alkyl carbamates (subject to hydrolysis) is 1. The number of rotatable bonds is 22. The van der Waals surface area contributed by atoms with Gasteiger partial charge in [0.25, 0.3) is 0 Å². The van der Waals surface area contributed by atoms with Crippen molar-refractivity contribution in [3.05, 3.63) is 180 Å². The van der Waals surface area contributed by atoms with Gasteiger partial charge in [0.1, 0.15) is 30.8 Å². The van der Waals surface area contributed by atoms with Crippen molar-refractivity contribution < 1.29 is 43.4 Å². The summed E-state index contributed by atoms with van der Waals surface area (Å²) >= 11 is 0. The number of amides is 5. The third-order valence-electron chi connectivity index (χ3n) is 14.9. The van der Waals surface area contributed by atoms with Crippen LogP contribution in [0.1, 0.15) is 59.9 Å². The number of H-pyrrole nitrogens is 4. The predicted octanol–water partition coefficient (Wildman–Crippen LogP) is 7.35. The molecule has 9 aromatic rings. The molecule has 0 spiro atoms. The van der Waals surface area contributed by atoms with Gasteiger partial charge in [-0.05, 0) is 71.3 Å². The number of nitrogens with one attached hydrogen (secondary N) is 9. The van der Waals surface area contributed by atoms with Crippen LogP contribution in [0.4, 0.5) is 4.79 Å². The zero-order valence-electron chi connectivity index (χ0n) is 43.2. The lowest BCUT2D eigenvalue weighted by molar-refractivity contribution is -0.142. The Morgan fingerprint density at radius 1 is 0.506 bits per heavy atom. The Balaban J connectivity index is 0.823. The Labute approximate surface area is 453 Å². The highest BCUT2D eigenvalue weighted by atomic mass is 16.5. The van der Waals surface area contributed by atoms with E-state index in [1.807, 2.05) is 127 Å². The van der Waals surface area contributed by atoms with Gasteiger partial charge in [0.15, 0.2) is 5.78 Å². The van der Waals surface area contributed by atoms with Crippen molar-refractivity contribution in [2.24, 2.45) is 5.92 Å². The van der Waals surface area contributed by atoms with E-state index in [1.54, 1.807) is 24.8 Å². The molecule has 10 N–H and O–H groups in total. The number of carbonyl (C=O) groups is 7. The Morgan fingerprint density at radius 2 is 0.924 bits per heavy atom. The van der Waals surface area contributed by atoms with Crippen molar-refractivity contribution in [2.45, 2.75) is 94.6 Å². The van der Waals surface area contributed by atoms with Crippen LogP contribution in [-0.2, 0) is 65.8 Å². The Morgan fingerprint density at radius 3 is 1.41 bits per heavy atom. The maximum Gasteiger partial charge on any atom is 0.408 e. The fourth-order valence-electron chi connectivity index (χ4n) is 10.8. The van der Waals surface area contributed by atoms with Gasteiger partial charge in [-0.3, -0.25) is 24.0 Å². The summed E-state index contributed by atoms with van der Waals surface area (Å²) in [6.07, 6.45) is 7.66. The number of aromatic amines is 4. The predicted molar refractivity (Wildman–Crippen MR) is 299 cm³/mol. The van der Waals surface area contributed by atoms with E-state index < -0.39 is 71.8 Å². The first-order chi connectivity index (χ1) is 38.4. The van der Waals surface area contributed by atoms with Gasteiger partial charge in [-0.25, -0.2) is 9.59 Å². The molecule has 1 aliphatic rings. The smallest absolute Gasteiger partial charge is 0.408 e. The summed E-state index contributed by atoms with van der Waals surface area (Å²) in [4.78, 5) is 110. The maximum absolute atomic E-state index is 14.6. The van der Waals surface area contributed by atoms with Gasteiger partial charge in [0.2, 0.25) is 23.6 Å². The van der Waals surface area contributed by atoms with Crippen LogP contribution >= 0.6 is 0 Å². The van der Waals surface area contributed by atoms with E-state index in [0.717, 1.165) is 65.9 Å². The van der Waals surface area contributed by atoms with E-state index in [9.17, 15) is 38.7 Å². The quantitative estimate of drug-likeness (QED) is 0.0325. The number of aliphatic carboxylic acids is 1. The molecule has 79 heavy (non-hydrogen) atoms. The normalized spacial score (nSPS) is 16.0. The van der Waals surface area contributed by atoms with E-state index >= 15 is 0 Å². The summed E-state index contributed by atoms with van der Waals surface area (Å²) in [6.45, 7) is -0.0348. The first kappa shape index (κ1) is 53.0. The number of carbonyl (C=O) groups excluding carboxylic acids is 6. The number of hydrogen-bond acceptors (Lipinski definition) is 8. The Hall–Kier alpha value is -9.45. The van der Waals surface area contributed by atoms with Crippen LogP contribution in [0.3, 0.4) is 0 Å². The first-order valence-corrected chi connectivity index (χ1v) is 26.6. The minimum Gasteiger partial charge on any atom is -0.480 e. The molecule has 404 valence electrons. The molecule has 18 heteroatoms. The number of fused-ring (bicyclic) bond motifs is 4. The minimum absolute atomic E-state index is 0.00791. The molecule has 18 nitrogen and oxygen atoms in total. The van der Waals surface area contributed by atoms with Crippen LogP contribution in [0.15, 0.2) is 152 Å². The topological polar surface area (TPSA) is 272 Å². The molecule has 1 aliphatic carbocycles. The minimum atomic E-state index is -1.31. The second-order valence-corrected chi connectivity index (χ2v) is 20.2. The molecule has 10 rings (SSSR count). The molecule has 4 heterocycles. The number of carboxylic acid groups (broad SMARTS) is 1. The lowest BCUT2D eigenvalue weighted by atomic mass is 9.81. The number of aromatic nitrogens is 4. The molecule has 0 aliphatic heterocycles. The number of ether oxygens (including phenoxy) is 1. The van der Waals surface area contributed by atoms with Crippen LogP contribution in [-0.4, -0.2) is 96.7 Å². The lowest BCUT2D eigenvalue weighted by Gasteiger charge is -2.30. The van der Waals surface area contributed by atoms with E-state index in [-0.39, 0.29) is 50.9 Å². The van der Waals surface area contributed by atoms with Crippen LogP contribution in [0, 0.1) is 5.92 Å². The van der Waals surface area contributed by atoms with Crippen molar-refractivity contribution >= 4 is 85.1 Å². The highest BCUT2D eigenvalue weighted by Crippen LogP contribution is 2.27. The highest BCUT2D eigenvalue weighted by molar-refractivity contribution is 5.97. The molecule has 0 radical (unpaired) electrons. The number of para-hydroxylation sites is 4. The molecule has 1 saturated carbocycles. The molecule has 1 fully saturated rings. The van der Waals surface area contributed by atoms with Crippen molar-refractivity contribution in [1.82, 2.24) is 46.5 Å². The third kappa shape index (κ3) is 12.7. The van der Waals surface area contributed by atoms with Gasteiger partial charge in [-0.2, -0.15) is 0 Å². The van der Waals surface area contributed by atoms with Gasteiger partial charge >= 0.3 is 12.1 Å². The van der Waals surface area contributed by atoms with E-state index in [2.05, 4.69) is 46.5 Å². The number of carboxylic acids is 1. The summed E-state index contributed by atoms with van der Waals surface area (Å²) in [5.74, 6) is -4.57. The third-order valence-corrected chi connectivity index (χ3v) is 14.9. The van der Waals surface area contributed by atoms with Gasteiger partial charge in [-0.1, -0.05) is 110 Å². The zero-order valence-corrected chi connectivity index (χ0v) is 43.2. The Kier molecular flexibility index (Phi) is 16.3. The first-order valence-electron chi connectivity index (χ1n) is 26.6. The zero-order chi connectivity index (χ0) is 54.8. The molecule has 0 unspecified atom stereocenters. The van der Waals surface area contributed by atoms with Gasteiger partial charge in [0, 0.05) is 106 Å². The maximum atomic E-state index is 14.6. The average molecular weight is 1060 g/mol. The van der Waals surface area contributed by atoms with Gasteiger partial charge in [0.05, 0.1) is 6.04 Å². The summed E-state index contributed by atoms with van der Waals surface area (Å²) < 4.78 is 5.55. The summed E-state index contributed by atoms with van der Waals surface area (Å²) in [5.41, 5.74) is 7.01.